The van der Waals surface area contributed by atoms with Gasteiger partial charge in [-0.2, -0.15) is 17.5 Å². The lowest BCUT2D eigenvalue weighted by atomic mass is 9.81. The van der Waals surface area contributed by atoms with Crippen LogP contribution in [0.4, 0.5) is 17.6 Å². The molecular formula is C14H18F4N2O2S. The second kappa shape index (κ2) is 5.71. The molecule has 130 valence electrons. The summed E-state index contributed by atoms with van der Waals surface area (Å²) in [6.45, 7) is 3.90. The average molecular weight is 354 g/mol. The second-order valence-corrected chi connectivity index (χ2v) is 8.30. The van der Waals surface area contributed by atoms with Gasteiger partial charge in [-0.3, -0.25) is 0 Å². The van der Waals surface area contributed by atoms with E-state index >= 15 is 0 Å². The summed E-state index contributed by atoms with van der Waals surface area (Å²) in [4.78, 5) is -0.491. The van der Waals surface area contributed by atoms with E-state index in [0.29, 0.717) is 18.6 Å². The summed E-state index contributed by atoms with van der Waals surface area (Å²) in [5.41, 5.74) is 3.98. The zero-order valence-corrected chi connectivity index (χ0v) is 13.5. The molecule has 2 N–H and O–H groups in total. The van der Waals surface area contributed by atoms with Crippen molar-refractivity contribution >= 4 is 10.0 Å². The standard InChI is InChI=1S/C14H18F4N2O2S/c1-13(2)8-20(6-5-12(13)19)23(21,22)9-3-4-10(11(15)7-9)14(16,17)18/h3-4,7,12H,5-6,8,19H2,1-2H3. The van der Waals surface area contributed by atoms with Crippen molar-refractivity contribution in [2.75, 3.05) is 13.1 Å². The van der Waals surface area contributed by atoms with Crippen molar-refractivity contribution in [3.05, 3.63) is 29.6 Å². The van der Waals surface area contributed by atoms with Crippen LogP contribution in [-0.4, -0.2) is 31.9 Å². The lowest BCUT2D eigenvalue weighted by molar-refractivity contribution is -0.140. The number of nitrogens with zero attached hydrogens (tertiary/aromatic N) is 1. The number of hydrogen-bond donors (Lipinski definition) is 1. The Bertz CT molecular complexity index is 701. The van der Waals surface area contributed by atoms with Crippen molar-refractivity contribution in [3.63, 3.8) is 0 Å². The van der Waals surface area contributed by atoms with Crippen LogP contribution >= 0.6 is 0 Å². The van der Waals surface area contributed by atoms with Crippen LogP contribution in [0, 0.1) is 11.2 Å². The smallest absolute Gasteiger partial charge is 0.327 e. The number of rotatable bonds is 2. The highest BCUT2D eigenvalue weighted by molar-refractivity contribution is 7.89. The van der Waals surface area contributed by atoms with Crippen LogP contribution in [0.15, 0.2) is 23.1 Å². The van der Waals surface area contributed by atoms with E-state index in [1.165, 1.54) is 0 Å². The Morgan fingerprint density at radius 2 is 1.91 bits per heavy atom. The molecule has 0 amide bonds. The van der Waals surface area contributed by atoms with E-state index < -0.39 is 37.9 Å². The van der Waals surface area contributed by atoms with Crippen molar-refractivity contribution < 1.29 is 26.0 Å². The minimum absolute atomic E-state index is 0.124. The lowest BCUT2D eigenvalue weighted by Gasteiger charge is -2.41. The molecule has 2 rings (SSSR count). The fraction of sp³-hybridized carbons (Fsp3) is 0.571. The third kappa shape index (κ3) is 3.51. The molecule has 4 nitrogen and oxygen atoms in total. The molecule has 1 aliphatic rings. The molecule has 0 aromatic heterocycles. The van der Waals surface area contributed by atoms with E-state index in [9.17, 15) is 26.0 Å². The summed E-state index contributed by atoms with van der Waals surface area (Å²) in [5.74, 6) is -1.61. The van der Waals surface area contributed by atoms with Gasteiger partial charge in [0.15, 0.2) is 0 Å². The Hall–Kier alpha value is -1.19. The molecule has 23 heavy (non-hydrogen) atoms. The fourth-order valence-corrected chi connectivity index (χ4v) is 4.20. The van der Waals surface area contributed by atoms with E-state index in [0.717, 1.165) is 10.4 Å². The largest absolute Gasteiger partial charge is 0.419 e. The van der Waals surface area contributed by atoms with Crippen molar-refractivity contribution in [3.8, 4) is 0 Å². The van der Waals surface area contributed by atoms with Gasteiger partial charge in [0.1, 0.15) is 5.82 Å². The summed E-state index contributed by atoms with van der Waals surface area (Å²) in [5, 5.41) is 0. The minimum Gasteiger partial charge on any atom is -0.327 e. The van der Waals surface area contributed by atoms with Crippen molar-refractivity contribution in [2.45, 2.75) is 37.4 Å². The first-order valence-electron chi connectivity index (χ1n) is 6.98. The Kier molecular flexibility index (Phi) is 4.51. The summed E-state index contributed by atoms with van der Waals surface area (Å²) in [7, 11) is -4.07. The minimum atomic E-state index is -4.87. The number of hydrogen-bond acceptors (Lipinski definition) is 3. The molecule has 1 fully saturated rings. The maximum absolute atomic E-state index is 13.6. The number of halogens is 4. The van der Waals surface area contributed by atoms with Gasteiger partial charge in [0.25, 0.3) is 0 Å². The number of benzene rings is 1. The maximum atomic E-state index is 13.6. The Labute approximate surface area is 132 Å². The third-order valence-electron chi connectivity index (χ3n) is 4.16. The summed E-state index contributed by atoms with van der Waals surface area (Å²) in [6.07, 6.45) is -4.44. The normalized spacial score (nSPS) is 23.0. The highest BCUT2D eigenvalue weighted by Crippen LogP contribution is 2.34. The monoisotopic (exact) mass is 354 g/mol. The predicted octanol–water partition coefficient (Wildman–Crippen LogP) is 2.59. The number of nitrogens with two attached hydrogens (primary N) is 1. The van der Waals surface area contributed by atoms with Gasteiger partial charge in [0.2, 0.25) is 10.0 Å². The fourth-order valence-electron chi connectivity index (χ4n) is 2.57. The lowest BCUT2D eigenvalue weighted by Crippen LogP contribution is -2.53. The zero-order chi connectivity index (χ0) is 17.6. The topological polar surface area (TPSA) is 63.4 Å². The first kappa shape index (κ1) is 18.2. The SMILES string of the molecule is CC1(C)CN(S(=O)(=O)c2ccc(C(F)(F)F)c(F)c2)CCC1N. The average Bonchev–Trinajstić information content (AvgIpc) is 2.40. The number of sulfonamides is 1. The zero-order valence-electron chi connectivity index (χ0n) is 12.7. The summed E-state index contributed by atoms with van der Waals surface area (Å²) in [6, 6.07) is 1.46. The van der Waals surface area contributed by atoms with Crippen LogP contribution < -0.4 is 5.73 Å². The first-order chi connectivity index (χ1) is 10.4. The first-order valence-corrected chi connectivity index (χ1v) is 8.42. The number of piperidine rings is 1. The van der Waals surface area contributed by atoms with E-state index in [-0.39, 0.29) is 19.1 Å². The van der Waals surface area contributed by atoms with Gasteiger partial charge in [0.05, 0.1) is 10.5 Å². The Morgan fingerprint density at radius 1 is 1.30 bits per heavy atom. The number of alkyl halides is 3. The van der Waals surface area contributed by atoms with E-state index in [2.05, 4.69) is 0 Å². The van der Waals surface area contributed by atoms with Crippen molar-refractivity contribution in [2.24, 2.45) is 11.1 Å². The molecule has 0 bridgehead atoms. The predicted molar refractivity (Wildman–Crippen MR) is 76.5 cm³/mol. The Balaban J connectivity index is 2.36. The van der Waals surface area contributed by atoms with E-state index in [1.807, 2.05) is 13.8 Å². The highest BCUT2D eigenvalue weighted by atomic mass is 32.2. The molecule has 1 unspecified atom stereocenters. The summed E-state index contributed by atoms with van der Waals surface area (Å²) >= 11 is 0. The van der Waals surface area contributed by atoms with Crippen LogP contribution in [0.2, 0.25) is 0 Å². The van der Waals surface area contributed by atoms with Gasteiger partial charge >= 0.3 is 6.18 Å². The van der Waals surface area contributed by atoms with Gasteiger partial charge < -0.3 is 5.73 Å². The van der Waals surface area contributed by atoms with E-state index in [1.54, 1.807) is 0 Å². The van der Waals surface area contributed by atoms with Gasteiger partial charge in [-0.15, -0.1) is 0 Å². The third-order valence-corrected chi connectivity index (χ3v) is 6.00. The van der Waals surface area contributed by atoms with Crippen LogP contribution in [0.3, 0.4) is 0 Å². The molecule has 0 saturated carbocycles. The molecule has 9 heteroatoms. The molecule has 1 aromatic carbocycles. The maximum Gasteiger partial charge on any atom is 0.419 e. The van der Waals surface area contributed by atoms with Crippen molar-refractivity contribution in [1.82, 2.24) is 4.31 Å². The van der Waals surface area contributed by atoms with Gasteiger partial charge in [-0.05, 0) is 30.0 Å². The molecule has 1 saturated heterocycles. The van der Waals surface area contributed by atoms with Gasteiger partial charge in [-0.1, -0.05) is 13.8 Å². The summed E-state index contributed by atoms with van der Waals surface area (Å²) < 4.78 is 77.5. The van der Waals surface area contributed by atoms with E-state index in [4.69, 9.17) is 5.73 Å². The molecule has 1 aromatic rings. The van der Waals surface area contributed by atoms with Crippen LogP contribution in [0.5, 0.6) is 0 Å². The van der Waals surface area contributed by atoms with Crippen LogP contribution in [-0.2, 0) is 16.2 Å². The molecule has 1 atom stereocenters. The van der Waals surface area contributed by atoms with Gasteiger partial charge in [-0.25, -0.2) is 12.8 Å². The van der Waals surface area contributed by atoms with Crippen LogP contribution in [0.1, 0.15) is 25.8 Å². The van der Waals surface area contributed by atoms with Gasteiger partial charge in [0, 0.05) is 19.1 Å². The molecule has 1 aliphatic heterocycles. The molecule has 0 radical (unpaired) electrons. The van der Waals surface area contributed by atoms with Crippen LogP contribution in [0.25, 0.3) is 0 Å². The van der Waals surface area contributed by atoms with Crippen molar-refractivity contribution in [1.29, 1.82) is 0 Å². The molecule has 0 aliphatic carbocycles. The second-order valence-electron chi connectivity index (χ2n) is 6.36. The Morgan fingerprint density at radius 3 is 2.39 bits per heavy atom. The molecule has 0 spiro atoms. The molecular weight excluding hydrogens is 336 g/mol. The quantitative estimate of drug-likeness (QED) is 0.831. The molecule has 1 heterocycles. The highest BCUT2D eigenvalue weighted by Gasteiger charge is 2.40.